The Bertz CT molecular complexity index is 1170. The number of ether oxygens (including phenoxy) is 1. The van der Waals surface area contributed by atoms with Crippen LogP contribution in [-0.4, -0.2) is 53.2 Å². The first kappa shape index (κ1) is 19.6. The van der Waals surface area contributed by atoms with E-state index < -0.39 is 0 Å². The summed E-state index contributed by atoms with van der Waals surface area (Å²) in [5.41, 5.74) is 2.89. The molecule has 2 amide bonds. The molecule has 0 bridgehead atoms. The zero-order valence-electron chi connectivity index (χ0n) is 17.4. The number of benzene rings is 1. The van der Waals surface area contributed by atoms with Crippen LogP contribution in [0.2, 0.25) is 0 Å². The van der Waals surface area contributed by atoms with E-state index in [2.05, 4.69) is 21.4 Å². The van der Waals surface area contributed by atoms with E-state index in [1.807, 2.05) is 42.2 Å². The van der Waals surface area contributed by atoms with Crippen LogP contribution in [0.15, 0.2) is 35.7 Å². The smallest absolute Gasteiger partial charge is 0.270 e. The van der Waals surface area contributed by atoms with Gasteiger partial charge in [-0.15, -0.1) is 11.3 Å². The van der Waals surface area contributed by atoms with Crippen molar-refractivity contribution in [3.63, 3.8) is 0 Å². The first-order chi connectivity index (χ1) is 15.0. The molecule has 0 spiro atoms. The monoisotopic (exact) mass is 437 g/mol. The maximum Gasteiger partial charge on any atom is 0.270 e. The van der Waals surface area contributed by atoms with Crippen LogP contribution < -0.4 is 15.0 Å². The lowest BCUT2D eigenvalue weighted by Gasteiger charge is -2.26. The van der Waals surface area contributed by atoms with Crippen molar-refractivity contribution in [1.82, 2.24) is 14.7 Å². The topological polar surface area (TPSA) is 79.7 Å². The van der Waals surface area contributed by atoms with Crippen molar-refractivity contribution in [2.75, 3.05) is 37.0 Å². The van der Waals surface area contributed by atoms with Crippen LogP contribution in [0, 0.1) is 0 Å². The maximum absolute atomic E-state index is 12.7. The van der Waals surface area contributed by atoms with E-state index in [1.165, 1.54) is 11.3 Å². The van der Waals surface area contributed by atoms with Gasteiger partial charge in [0.15, 0.2) is 5.82 Å². The zero-order valence-corrected chi connectivity index (χ0v) is 18.2. The van der Waals surface area contributed by atoms with Crippen LogP contribution in [0.1, 0.15) is 32.5 Å². The van der Waals surface area contributed by atoms with Gasteiger partial charge in [0.05, 0.1) is 13.2 Å². The lowest BCUT2D eigenvalue weighted by Crippen LogP contribution is -2.34. The highest BCUT2D eigenvalue weighted by molar-refractivity contribution is 7.12. The van der Waals surface area contributed by atoms with E-state index in [-0.39, 0.29) is 11.8 Å². The van der Waals surface area contributed by atoms with Gasteiger partial charge in [-0.1, -0.05) is 0 Å². The molecule has 0 fully saturated rings. The number of carbonyl (C=O) groups excluding carboxylic acids is 2. The number of likely N-dealkylation sites (N-methyl/N-ethyl adjacent to an activating group) is 1. The maximum atomic E-state index is 12.7. The summed E-state index contributed by atoms with van der Waals surface area (Å²) < 4.78 is 7.42. The Morgan fingerprint density at radius 2 is 2.10 bits per heavy atom. The zero-order chi connectivity index (χ0) is 21.5. The molecule has 0 saturated carbocycles. The molecule has 2 aliphatic heterocycles. The first-order valence-corrected chi connectivity index (χ1v) is 11.2. The Hall–Kier alpha value is -3.33. The molecule has 31 heavy (non-hydrogen) atoms. The van der Waals surface area contributed by atoms with E-state index in [0.29, 0.717) is 23.1 Å². The summed E-state index contributed by atoms with van der Waals surface area (Å²) in [6, 6.07) is 9.68. The number of rotatable bonds is 5. The number of carbonyl (C=O) groups is 2. The van der Waals surface area contributed by atoms with Gasteiger partial charge in [0.25, 0.3) is 11.8 Å². The molecule has 0 radical (unpaired) electrons. The fraction of sp³-hybridized carbons (Fsp3) is 0.318. The molecule has 2 aliphatic rings. The normalized spacial score (nSPS) is 15.1. The van der Waals surface area contributed by atoms with Crippen molar-refractivity contribution >= 4 is 40.5 Å². The molecule has 1 aromatic carbocycles. The third kappa shape index (κ3) is 3.44. The van der Waals surface area contributed by atoms with Crippen molar-refractivity contribution in [3.05, 3.63) is 51.7 Å². The molecule has 1 N–H and O–H groups in total. The molecular formula is C22H23N5O3S. The van der Waals surface area contributed by atoms with Crippen LogP contribution in [0.3, 0.4) is 0 Å². The number of anilines is 3. The van der Waals surface area contributed by atoms with E-state index in [0.717, 1.165) is 48.7 Å². The molecule has 9 heteroatoms. The SMILES string of the molecule is CCOc1ccsc1C(=O)Nc1cc2n(n1)CCN2c1ccc2c(c1)CCN(C)C2=O. The minimum atomic E-state index is -0.224. The Morgan fingerprint density at radius 1 is 1.23 bits per heavy atom. The first-order valence-electron chi connectivity index (χ1n) is 10.3. The predicted octanol–water partition coefficient (Wildman–Crippen LogP) is 3.38. The second-order valence-electron chi connectivity index (χ2n) is 7.58. The Balaban J connectivity index is 1.37. The molecular weight excluding hydrogens is 414 g/mol. The third-order valence-corrected chi connectivity index (χ3v) is 6.54. The molecule has 0 saturated heterocycles. The molecule has 0 unspecified atom stereocenters. The number of hydrogen-bond acceptors (Lipinski definition) is 6. The van der Waals surface area contributed by atoms with Gasteiger partial charge < -0.3 is 19.9 Å². The Kier molecular flexibility index (Phi) is 4.90. The highest BCUT2D eigenvalue weighted by atomic mass is 32.1. The fourth-order valence-corrected chi connectivity index (χ4v) is 4.81. The van der Waals surface area contributed by atoms with E-state index in [9.17, 15) is 9.59 Å². The van der Waals surface area contributed by atoms with Crippen molar-refractivity contribution < 1.29 is 14.3 Å². The van der Waals surface area contributed by atoms with Gasteiger partial charge in [-0.2, -0.15) is 5.10 Å². The van der Waals surface area contributed by atoms with Crippen molar-refractivity contribution in [2.24, 2.45) is 0 Å². The van der Waals surface area contributed by atoms with Crippen molar-refractivity contribution in [1.29, 1.82) is 0 Å². The summed E-state index contributed by atoms with van der Waals surface area (Å²) in [5, 5.41) is 9.28. The average molecular weight is 438 g/mol. The minimum Gasteiger partial charge on any atom is -0.492 e. The number of hydrogen-bond donors (Lipinski definition) is 1. The van der Waals surface area contributed by atoms with Gasteiger partial charge in [0.1, 0.15) is 16.4 Å². The van der Waals surface area contributed by atoms with E-state index in [4.69, 9.17) is 4.74 Å². The highest BCUT2D eigenvalue weighted by Gasteiger charge is 2.27. The number of aromatic nitrogens is 2. The second-order valence-corrected chi connectivity index (χ2v) is 8.50. The van der Waals surface area contributed by atoms with Crippen LogP contribution in [0.5, 0.6) is 5.75 Å². The van der Waals surface area contributed by atoms with Gasteiger partial charge >= 0.3 is 0 Å². The predicted molar refractivity (Wildman–Crippen MR) is 120 cm³/mol. The van der Waals surface area contributed by atoms with Crippen LogP contribution in [0.4, 0.5) is 17.3 Å². The number of amides is 2. The summed E-state index contributed by atoms with van der Waals surface area (Å²) in [7, 11) is 1.83. The van der Waals surface area contributed by atoms with Crippen LogP contribution >= 0.6 is 11.3 Å². The average Bonchev–Trinajstić information content (AvgIpc) is 3.47. The lowest BCUT2D eigenvalue weighted by molar-refractivity contribution is 0.0780. The fourth-order valence-electron chi connectivity index (χ4n) is 4.08. The summed E-state index contributed by atoms with van der Waals surface area (Å²) in [5.74, 6) is 1.87. The second kappa shape index (κ2) is 7.73. The summed E-state index contributed by atoms with van der Waals surface area (Å²) in [4.78, 5) is 29.5. The number of nitrogens with one attached hydrogen (secondary N) is 1. The molecule has 160 valence electrons. The van der Waals surface area contributed by atoms with Crippen molar-refractivity contribution in [2.45, 2.75) is 19.9 Å². The largest absolute Gasteiger partial charge is 0.492 e. The van der Waals surface area contributed by atoms with Gasteiger partial charge in [0.2, 0.25) is 0 Å². The Labute approximate surface area is 184 Å². The number of thiophene rings is 1. The van der Waals surface area contributed by atoms with Gasteiger partial charge in [0, 0.05) is 37.5 Å². The number of fused-ring (bicyclic) bond motifs is 2. The lowest BCUT2D eigenvalue weighted by atomic mass is 9.98. The quantitative estimate of drug-likeness (QED) is 0.662. The summed E-state index contributed by atoms with van der Waals surface area (Å²) in [6.07, 6.45) is 0.850. The molecule has 8 nitrogen and oxygen atoms in total. The van der Waals surface area contributed by atoms with Gasteiger partial charge in [-0.25, -0.2) is 4.68 Å². The Morgan fingerprint density at radius 3 is 2.94 bits per heavy atom. The molecule has 3 aromatic rings. The number of nitrogens with zero attached hydrogens (tertiary/aromatic N) is 4. The van der Waals surface area contributed by atoms with Crippen LogP contribution in [0.25, 0.3) is 0 Å². The van der Waals surface area contributed by atoms with Gasteiger partial charge in [-0.3, -0.25) is 9.59 Å². The summed E-state index contributed by atoms with van der Waals surface area (Å²) in [6.45, 7) is 4.65. The molecule has 4 heterocycles. The summed E-state index contributed by atoms with van der Waals surface area (Å²) >= 11 is 1.35. The third-order valence-electron chi connectivity index (χ3n) is 5.64. The van der Waals surface area contributed by atoms with Gasteiger partial charge in [-0.05, 0) is 48.6 Å². The van der Waals surface area contributed by atoms with Crippen LogP contribution in [-0.2, 0) is 13.0 Å². The molecule has 0 atom stereocenters. The standard InChI is InChI=1S/C22H23N5O3S/c1-3-30-17-7-11-31-20(17)21(28)23-18-13-19-26(9-10-27(19)24-18)15-4-5-16-14(12-15)6-8-25(2)22(16)29/h4-5,7,11-13H,3,6,8-10H2,1-2H3,(H,23,24,28). The molecule has 0 aliphatic carbocycles. The highest BCUT2D eigenvalue weighted by Crippen LogP contribution is 2.34. The van der Waals surface area contributed by atoms with E-state index in [1.54, 1.807) is 11.0 Å². The molecule has 5 rings (SSSR count). The molecule has 2 aromatic heterocycles. The van der Waals surface area contributed by atoms with Crippen molar-refractivity contribution in [3.8, 4) is 5.75 Å². The van der Waals surface area contributed by atoms with E-state index >= 15 is 0 Å². The minimum absolute atomic E-state index is 0.0734.